The van der Waals surface area contributed by atoms with E-state index in [0.717, 1.165) is 10.7 Å². The van der Waals surface area contributed by atoms with Gasteiger partial charge in [0.25, 0.3) is 0 Å². The molecule has 0 unspecified atom stereocenters. The fraction of sp³-hybridized carbons (Fsp3) is 0.667. The molecule has 2 aromatic heterocycles. The standard InChI is InChI=1S/C18H28N2S/c1-16(2,3)11-10-12-14(19-13(11)17(4,5)6)20-15(21-12)18(7,8)9/h10H,1-9H3. The molecule has 2 aromatic rings. The molecule has 0 spiro atoms. The molecule has 0 bridgehead atoms. The van der Waals surface area contributed by atoms with E-state index < -0.39 is 0 Å². The first-order chi connectivity index (χ1) is 9.30. The van der Waals surface area contributed by atoms with Gasteiger partial charge in [0.2, 0.25) is 0 Å². The molecule has 0 fully saturated rings. The van der Waals surface area contributed by atoms with Crippen LogP contribution in [-0.4, -0.2) is 9.97 Å². The van der Waals surface area contributed by atoms with Crippen LogP contribution in [0.5, 0.6) is 0 Å². The Kier molecular flexibility index (Phi) is 3.73. The minimum Gasteiger partial charge on any atom is -0.232 e. The molecule has 0 atom stereocenters. The van der Waals surface area contributed by atoms with Crippen molar-refractivity contribution >= 4 is 21.7 Å². The van der Waals surface area contributed by atoms with E-state index in [2.05, 4.69) is 68.4 Å². The molecule has 0 aliphatic rings. The first kappa shape index (κ1) is 16.4. The van der Waals surface area contributed by atoms with E-state index in [-0.39, 0.29) is 16.2 Å². The smallest absolute Gasteiger partial charge is 0.170 e. The summed E-state index contributed by atoms with van der Waals surface area (Å²) in [6, 6.07) is 2.32. The molecule has 2 heterocycles. The van der Waals surface area contributed by atoms with Crippen molar-refractivity contribution in [2.45, 2.75) is 78.6 Å². The topological polar surface area (TPSA) is 25.8 Å². The number of rotatable bonds is 0. The minimum absolute atomic E-state index is 0.0301. The maximum Gasteiger partial charge on any atom is 0.170 e. The second-order valence-electron chi connectivity index (χ2n) is 8.98. The van der Waals surface area contributed by atoms with Gasteiger partial charge in [0.15, 0.2) is 5.65 Å². The molecule has 0 aliphatic carbocycles. The molecule has 0 amide bonds. The Hall–Kier alpha value is -0.960. The quantitative estimate of drug-likeness (QED) is 0.634. The van der Waals surface area contributed by atoms with E-state index in [1.165, 1.54) is 16.0 Å². The highest BCUT2D eigenvalue weighted by molar-refractivity contribution is 7.18. The van der Waals surface area contributed by atoms with Gasteiger partial charge in [-0.25, -0.2) is 9.97 Å². The van der Waals surface area contributed by atoms with Gasteiger partial charge in [-0.3, -0.25) is 0 Å². The van der Waals surface area contributed by atoms with Gasteiger partial charge in [-0.1, -0.05) is 62.3 Å². The van der Waals surface area contributed by atoms with E-state index in [9.17, 15) is 0 Å². The second kappa shape index (κ2) is 4.77. The fourth-order valence-electron chi connectivity index (χ4n) is 2.33. The van der Waals surface area contributed by atoms with Gasteiger partial charge >= 0.3 is 0 Å². The van der Waals surface area contributed by atoms with Gasteiger partial charge < -0.3 is 0 Å². The van der Waals surface area contributed by atoms with Crippen molar-refractivity contribution < 1.29 is 0 Å². The average Bonchev–Trinajstić information content (AvgIpc) is 2.66. The number of aromatic nitrogens is 2. The van der Waals surface area contributed by atoms with E-state index in [0.29, 0.717) is 0 Å². The van der Waals surface area contributed by atoms with Crippen LogP contribution in [0.4, 0.5) is 0 Å². The zero-order valence-corrected chi connectivity index (χ0v) is 15.7. The predicted octanol–water partition coefficient (Wildman–Crippen LogP) is 5.58. The molecule has 0 N–H and O–H groups in total. The number of nitrogens with zero attached hydrogens (tertiary/aromatic N) is 2. The third-order valence-electron chi connectivity index (χ3n) is 3.54. The van der Waals surface area contributed by atoms with Crippen LogP contribution in [0.15, 0.2) is 6.07 Å². The maximum atomic E-state index is 4.95. The van der Waals surface area contributed by atoms with Crippen LogP contribution in [0.25, 0.3) is 10.3 Å². The number of hydrogen-bond acceptors (Lipinski definition) is 3. The Bertz CT molecular complexity index is 610. The van der Waals surface area contributed by atoms with Gasteiger partial charge in [0, 0.05) is 10.8 Å². The van der Waals surface area contributed by atoms with Crippen LogP contribution < -0.4 is 0 Å². The van der Waals surface area contributed by atoms with E-state index in [1.54, 1.807) is 11.3 Å². The van der Waals surface area contributed by atoms with Crippen molar-refractivity contribution in [2.24, 2.45) is 0 Å². The molecular weight excluding hydrogens is 276 g/mol. The lowest BCUT2D eigenvalue weighted by atomic mass is 9.78. The predicted molar refractivity (Wildman–Crippen MR) is 93.5 cm³/mol. The Labute approximate surface area is 133 Å². The van der Waals surface area contributed by atoms with Crippen LogP contribution >= 0.6 is 11.3 Å². The van der Waals surface area contributed by atoms with Crippen molar-refractivity contribution in [3.63, 3.8) is 0 Å². The second-order valence-corrected chi connectivity index (χ2v) is 10.0. The summed E-state index contributed by atoms with van der Waals surface area (Å²) in [5.74, 6) is 0. The molecule has 21 heavy (non-hydrogen) atoms. The molecular formula is C18H28N2S. The first-order valence-corrected chi connectivity index (χ1v) is 8.45. The lowest BCUT2D eigenvalue weighted by molar-refractivity contribution is 0.516. The molecule has 0 saturated carbocycles. The summed E-state index contributed by atoms with van der Waals surface area (Å²) >= 11 is 1.78. The van der Waals surface area contributed by atoms with E-state index in [1.807, 2.05) is 0 Å². The van der Waals surface area contributed by atoms with E-state index >= 15 is 0 Å². The van der Waals surface area contributed by atoms with Crippen molar-refractivity contribution in [3.8, 4) is 0 Å². The Morgan fingerprint density at radius 1 is 0.762 bits per heavy atom. The lowest BCUT2D eigenvalue weighted by Gasteiger charge is -2.28. The maximum absolute atomic E-state index is 4.95. The van der Waals surface area contributed by atoms with Crippen LogP contribution in [0, 0.1) is 0 Å². The van der Waals surface area contributed by atoms with Gasteiger partial charge in [-0.2, -0.15) is 0 Å². The summed E-state index contributed by atoms with van der Waals surface area (Å²) in [5, 5.41) is 1.16. The molecule has 116 valence electrons. The largest absolute Gasteiger partial charge is 0.232 e. The molecule has 0 aromatic carbocycles. The fourth-order valence-corrected chi connectivity index (χ4v) is 3.33. The highest BCUT2D eigenvalue weighted by Crippen LogP contribution is 2.37. The highest BCUT2D eigenvalue weighted by Gasteiger charge is 2.29. The molecule has 0 saturated heterocycles. The van der Waals surface area contributed by atoms with Crippen LogP contribution in [-0.2, 0) is 16.2 Å². The zero-order chi connectivity index (χ0) is 16.2. The van der Waals surface area contributed by atoms with Crippen LogP contribution in [0.2, 0.25) is 0 Å². The normalized spacial score (nSPS) is 14.0. The summed E-state index contributed by atoms with van der Waals surface area (Å²) in [6.07, 6.45) is 0. The summed E-state index contributed by atoms with van der Waals surface area (Å²) in [4.78, 5) is 9.74. The van der Waals surface area contributed by atoms with Gasteiger partial charge in [0.05, 0.1) is 10.4 Å². The molecule has 0 aliphatic heterocycles. The number of fused-ring (bicyclic) bond motifs is 1. The minimum atomic E-state index is 0.0301. The monoisotopic (exact) mass is 304 g/mol. The first-order valence-electron chi connectivity index (χ1n) is 7.63. The molecule has 0 radical (unpaired) electrons. The van der Waals surface area contributed by atoms with Crippen molar-refractivity contribution in [3.05, 3.63) is 22.3 Å². The van der Waals surface area contributed by atoms with Crippen molar-refractivity contribution in [1.29, 1.82) is 0 Å². The number of thiazole rings is 1. The zero-order valence-electron chi connectivity index (χ0n) is 14.9. The SMILES string of the molecule is CC(C)(C)c1nc2nc(C(C)(C)C)c(C(C)(C)C)cc2s1. The molecule has 2 rings (SSSR count). The third kappa shape index (κ3) is 3.28. The summed E-state index contributed by atoms with van der Waals surface area (Å²) in [6.45, 7) is 20.1. The molecule has 3 heteroatoms. The highest BCUT2D eigenvalue weighted by atomic mass is 32.1. The third-order valence-corrected chi connectivity index (χ3v) is 4.96. The Morgan fingerprint density at radius 2 is 1.33 bits per heavy atom. The molecule has 2 nitrogen and oxygen atoms in total. The Morgan fingerprint density at radius 3 is 1.76 bits per heavy atom. The summed E-state index contributed by atoms with van der Waals surface area (Å²) < 4.78 is 1.21. The Balaban J connectivity index is 2.77. The number of hydrogen-bond donors (Lipinski definition) is 0. The summed E-state index contributed by atoms with van der Waals surface area (Å²) in [7, 11) is 0. The van der Waals surface area contributed by atoms with Crippen molar-refractivity contribution in [1.82, 2.24) is 9.97 Å². The summed E-state index contributed by atoms with van der Waals surface area (Å²) in [5.41, 5.74) is 3.62. The van der Waals surface area contributed by atoms with Gasteiger partial charge in [0.1, 0.15) is 5.01 Å². The van der Waals surface area contributed by atoms with Gasteiger partial charge in [-0.05, 0) is 17.0 Å². The van der Waals surface area contributed by atoms with E-state index in [4.69, 9.17) is 9.97 Å². The number of pyridine rings is 1. The van der Waals surface area contributed by atoms with Crippen molar-refractivity contribution in [2.75, 3.05) is 0 Å². The van der Waals surface area contributed by atoms with Gasteiger partial charge in [-0.15, -0.1) is 11.3 Å². The average molecular weight is 305 g/mol. The van der Waals surface area contributed by atoms with Crippen LogP contribution in [0.1, 0.15) is 78.6 Å². The van der Waals surface area contributed by atoms with Crippen LogP contribution in [0.3, 0.4) is 0 Å². The lowest BCUT2D eigenvalue weighted by Crippen LogP contribution is -2.23.